The molecule has 1 aromatic rings. The summed E-state index contributed by atoms with van der Waals surface area (Å²) in [5.41, 5.74) is 6.10. The lowest BCUT2D eigenvalue weighted by molar-refractivity contribution is 0.0766. The van der Waals surface area contributed by atoms with Crippen LogP contribution in [-0.4, -0.2) is 35.4 Å². The van der Waals surface area contributed by atoms with Gasteiger partial charge in [0, 0.05) is 25.6 Å². The highest BCUT2D eigenvalue weighted by Gasteiger charge is 2.17. The smallest absolute Gasteiger partial charge is 0.289 e. The largest absolute Gasteiger partial charge is 0.459 e. The molecule has 88 valence electrons. The predicted octanol–water partition coefficient (Wildman–Crippen LogP) is 0.797. The Balaban J connectivity index is 2.58. The van der Waals surface area contributed by atoms with Gasteiger partial charge in [-0.1, -0.05) is 5.16 Å². The van der Waals surface area contributed by atoms with Gasteiger partial charge in [-0.3, -0.25) is 4.79 Å². The molecule has 1 rings (SSSR count). The van der Waals surface area contributed by atoms with Crippen molar-refractivity contribution in [2.75, 3.05) is 13.6 Å². The van der Waals surface area contributed by atoms with Crippen molar-refractivity contribution in [1.29, 1.82) is 0 Å². The van der Waals surface area contributed by atoms with E-state index in [-0.39, 0.29) is 11.7 Å². The van der Waals surface area contributed by atoms with Crippen molar-refractivity contribution < 1.29 is 14.4 Å². The minimum Gasteiger partial charge on any atom is -0.459 e. The fourth-order valence-electron chi connectivity index (χ4n) is 1.20. The molecule has 6 nitrogen and oxygen atoms in total. The van der Waals surface area contributed by atoms with Crippen LogP contribution in [0.25, 0.3) is 0 Å². The minimum atomic E-state index is -0.215. The van der Waals surface area contributed by atoms with E-state index in [0.717, 1.165) is 5.56 Å². The molecule has 1 heterocycles. The molecule has 0 radical (unpaired) electrons. The highest BCUT2D eigenvalue weighted by molar-refractivity contribution is 5.93. The van der Waals surface area contributed by atoms with Gasteiger partial charge >= 0.3 is 0 Å². The number of oxime groups is 1. The van der Waals surface area contributed by atoms with Gasteiger partial charge < -0.3 is 20.3 Å². The number of aryl methyl sites for hydroxylation is 1. The molecule has 1 aromatic heterocycles. The number of nitrogens with two attached hydrogens (primary N) is 1. The first-order chi connectivity index (χ1) is 7.56. The van der Waals surface area contributed by atoms with Crippen LogP contribution >= 0.6 is 0 Å². The molecule has 0 atom stereocenters. The van der Waals surface area contributed by atoms with E-state index in [2.05, 4.69) is 5.16 Å². The molecule has 0 saturated carbocycles. The van der Waals surface area contributed by atoms with Crippen LogP contribution in [0.1, 0.15) is 22.5 Å². The summed E-state index contributed by atoms with van der Waals surface area (Å²) in [6.07, 6.45) is 1.79. The highest BCUT2D eigenvalue weighted by atomic mass is 16.4. The Hall–Kier alpha value is -1.98. The van der Waals surface area contributed by atoms with Crippen molar-refractivity contribution in [2.24, 2.45) is 10.9 Å². The first-order valence-corrected chi connectivity index (χ1v) is 4.82. The van der Waals surface area contributed by atoms with Gasteiger partial charge in [-0.05, 0) is 13.0 Å². The SMILES string of the molecule is Cc1ccoc1C(=O)N(C)CC/C(N)=N/O. The molecule has 0 fully saturated rings. The number of rotatable bonds is 4. The zero-order chi connectivity index (χ0) is 12.1. The number of carbonyl (C=O) groups excluding carboxylic acids is 1. The molecule has 0 aliphatic rings. The molecule has 0 aliphatic heterocycles. The summed E-state index contributed by atoms with van der Waals surface area (Å²) in [5, 5.41) is 11.2. The van der Waals surface area contributed by atoms with Gasteiger partial charge in [-0.2, -0.15) is 0 Å². The zero-order valence-corrected chi connectivity index (χ0v) is 9.30. The Bertz CT molecular complexity index is 398. The second-order valence-corrected chi connectivity index (χ2v) is 3.50. The van der Waals surface area contributed by atoms with Crippen LogP contribution in [-0.2, 0) is 0 Å². The van der Waals surface area contributed by atoms with E-state index in [0.29, 0.717) is 18.7 Å². The first kappa shape index (κ1) is 12.1. The summed E-state index contributed by atoms with van der Waals surface area (Å²) < 4.78 is 5.08. The molecule has 1 amide bonds. The number of amides is 1. The van der Waals surface area contributed by atoms with Crippen molar-refractivity contribution in [3.63, 3.8) is 0 Å². The van der Waals surface area contributed by atoms with Gasteiger partial charge in [0.2, 0.25) is 0 Å². The van der Waals surface area contributed by atoms with Gasteiger partial charge in [0.1, 0.15) is 5.84 Å². The van der Waals surface area contributed by atoms with Crippen molar-refractivity contribution in [2.45, 2.75) is 13.3 Å². The van der Waals surface area contributed by atoms with Crippen LogP contribution < -0.4 is 5.73 Å². The average Bonchev–Trinajstić information content (AvgIpc) is 2.70. The monoisotopic (exact) mass is 225 g/mol. The lowest BCUT2D eigenvalue weighted by Gasteiger charge is -2.15. The molecule has 0 spiro atoms. The summed E-state index contributed by atoms with van der Waals surface area (Å²) >= 11 is 0. The predicted molar refractivity (Wildman–Crippen MR) is 58.4 cm³/mol. The summed E-state index contributed by atoms with van der Waals surface area (Å²) in [6.45, 7) is 2.17. The number of hydrogen-bond donors (Lipinski definition) is 2. The van der Waals surface area contributed by atoms with E-state index in [1.807, 2.05) is 0 Å². The highest BCUT2D eigenvalue weighted by Crippen LogP contribution is 2.11. The van der Waals surface area contributed by atoms with Crippen LogP contribution in [0, 0.1) is 6.92 Å². The third-order valence-corrected chi connectivity index (χ3v) is 2.23. The number of furan rings is 1. The Labute approximate surface area is 93.3 Å². The van der Waals surface area contributed by atoms with Crippen LogP contribution in [0.5, 0.6) is 0 Å². The van der Waals surface area contributed by atoms with E-state index in [1.54, 1.807) is 20.0 Å². The Kier molecular flexibility index (Phi) is 3.93. The molecule has 0 unspecified atom stereocenters. The van der Waals surface area contributed by atoms with E-state index < -0.39 is 0 Å². The van der Waals surface area contributed by atoms with Crippen molar-refractivity contribution in [3.8, 4) is 0 Å². The summed E-state index contributed by atoms with van der Waals surface area (Å²) in [6, 6.07) is 1.73. The standard InChI is InChI=1S/C10H15N3O3/c1-7-4-6-16-9(7)10(14)13(2)5-3-8(11)12-15/h4,6,15H,3,5H2,1-2H3,(H2,11,12). The van der Waals surface area contributed by atoms with Gasteiger partial charge in [-0.15, -0.1) is 0 Å². The normalized spacial score (nSPS) is 11.5. The second kappa shape index (κ2) is 5.20. The van der Waals surface area contributed by atoms with E-state index in [9.17, 15) is 4.79 Å². The summed E-state index contributed by atoms with van der Waals surface area (Å²) in [4.78, 5) is 13.3. The molecule has 0 aromatic carbocycles. The lowest BCUT2D eigenvalue weighted by Crippen LogP contribution is -2.30. The topological polar surface area (TPSA) is 92.1 Å². The molecular weight excluding hydrogens is 210 g/mol. The van der Waals surface area contributed by atoms with E-state index in [4.69, 9.17) is 15.4 Å². The second-order valence-electron chi connectivity index (χ2n) is 3.50. The third-order valence-electron chi connectivity index (χ3n) is 2.23. The maximum absolute atomic E-state index is 11.8. The summed E-state index contributed by atoms with van der Waals surface area (Å²) in [5.74, 6) is 0.200. The number of carbonyl (C=O) groups is 1. The zero-order valence-electron chi connectivity index (χ0n) is 9.30. The number of hydrogen-bond acceptors (Lipinski definition) is 4. The van der Waals surface area contributed by atoms with Crippen molar-refractivity contribution >= 4 is 11.7 Å². The Morgan fingerprint density at radius 3 is 2.88 bits per heavy atom. The Morgan fingerprint density at radius 2 is 2.38 bits per heavy atom. The van der Waals surface area contributed by atoms with Crippen molar-refractivity contribution in [3.05, 3.63) is 23.7 Å². The maximum Gasteiger partial charge on any atom is 0.289 e. The third kappa shape index (κ3) is 2.75. The van der Waals surface area contributed by atoms with Gasteiger partial charge in [0.25, 0.3) is 5.91 Å². The lowest BCUT2D eigenvalue weighted by atomic mass is 10.2. The molecule has 6 heteroatoms. The fourth-order valence-corrected chi connectivity index (χ4v) is 1.20. The molecule has 0 saturated heterocycles. The first-order valence-electron chi connectivity index (χ1n) is 4.82. The quantitative estimate of drug-likeness (QED) is 0.343. The maximum atomic E-state index is 11.8. The summed E-state index contributed by atoms with van der Waals surface area (Å²) in [7, 11) is 1.63. The number of amidine groups is 1. The molecule has 0 bridgehead atoms. The van der Waals surface area contributed by atoms with Crippen LogP contribution in [0.2, 0.25) is 0 Å². The fraction of sp³-hybridized carbons (Fsp3) is 0.400. The van der Waals surface area contributed by atoms with E-state index in [1.165, 1.54) is 11.2 Å². The Morgan fingerprint density at radius 1 is 1.69 bits per heavy atom. The van der Waals surface area contributed by atoms with Crippen molar-refractivity contribution in [1.82, 2.24) is 4.90 Å². The van der Waals surface area contributed by atoms with Gasteiger partial charge in [0.05, 0.1) is 6.26 Å². The average molecular weight is 225 g/mol. The minimum absolute atomic E-state index is 0.0933. The molecular formula is C10H15N3O3. The number of nitrogens with zero attached hydrogens (tertiary/aromatic N) is 2. The molecule has 16 heavy (non-hydrogen) atoms. The van der Waals surface area contributed by atoms with Crippen LogP contribution in [0.4, 0.5) is 0 Å². The van der Waals surface area contributed by atoms with Crippen LogP contribution in [0.3, 0.4) is 0 Å². The molecule has 0 aliphatic carbocycles. The van der Waals surface area contributed by atoms with Gasteiger partial charge in [-0.25, -0.2) is 0 Å². The van der Waals surface area contributed by atoms with Crippen LogP contribution in [0.15, 0.2) is 21.9 Å². The van der Waals surface area contributed by atoms with E-state index >= 15 is 0 Å². The molecule has 3 N–H and O–H groups in total. The van der Waals surface area contributed by atoms with Gasteiger partial charge in [0.15, 0.2) is 5.76 Å².